The van der Waals surface area contributed by atoms with Crippen LogP contribution < -0.4 is 4.74 Å². The maximum absolute atomic E-state index is 13.0. The first kappa shape index (κ1) is 17.5. The molecule has 0 N–H and O–H groups in total. The molecule has 2 aromatic rings. The highest BCUT2D eigenvalue weighted by atomic mass is 19.1. The van der Waals surface area contributed by atoms with Crippen molar-refractivity contribution in [1.29, 1.82) is 0 Å². The Morgan fingerprint density at radius 2 is 1.77 bits per heavy atom. The molecule has 0 spiro atoms. The second kappa shape index (κ2) is 6.92. The van der Waals surface area contributed by atoms with Crippen molar-refractivity contribution < 1.29 is 23.5 Å². The summed E-state index contributed by atoms with van der Waals surface area (Å²) in [6.07, 6.45) is 1.59. The van der Waals surface area contributed by atoms with E-state index in [0.717, 1.165) is 16.7 Å². The van der Waals surface area contributed by atoms with Gasteiger partial charge in [-0.3, -0.25) is 4.79 Å². The van der Waals surface area contributed by atoms with Crippen LogP contribution in [0.2, 0.25) is 0 Å². The van der Waals surface area contributed by atoms with Gasteiger partial charge in [-0.05, 0) is 73.0 Å². The molecular weight excluding hydrogens is 337 g/mol. The summed E-state index contributed by atoms with van der Waals surface area (Å²) in [6, 6.07) is 9.11. The van der Waals surface area contributed by atoms with Crippen molar-refractivity contribution in [2.45, 2.75) is 20.8 Å². The number of ether oxygens (including phenoxy) is 2. The monoisotopic (exact) mass is 353 g/mol. The highest BCUT2D eigenvalue weighted by molar-refractivity contribution is 6.12. The second-order valence-electron chi connectivity index (χ2n) is 5.92. The topological polar surface area (TPSA) is 65.0 Å². The number of hydrogen-bond donors (Lipinski definition) is 0. The SMILES string of the molecule is CC(=O)Oc1c(C)cc(/C=C2\N=C(c3ccc(F)cc3)OC2=O)cc1C. The molecule has 0 aromatic heterocycles. The zero-order valence-electron chi connectivity index (χ0n) is 14.5. The lowest BCUT2D eigenvalue weighted by molar-refractivity contribution is -0.132. The molecule has 3 rings (SSSR count). The number of aliphatic imine (C=N–C) groups is 1. The largest absolute Gasteiger partial charge is 0.426 e. The van der Waals surface area contributed by atoms with E-state index < -0.39 is 11.9 Å². The Balaban J connectivity index is 1.93. The van der Waals surface area contributed by atoms with Crippen molar-refractivity contribution >= 4 is 23.9 Å². The molecule has 0 saturated heterocycles. The van der Waals surface area contributed by atoms with E-state index in [2.05, 4.69) is 4.99 Å². The number of carbonyl (C=O) groups is 2. The van der Waals surface area contributed by atoms with E-state index in [1.807, 2.05) is 13.8 Å². The van der Waals surface area contributed by atoms with E-state index in [1.54, 1.807) is 18.2 Å². The number of nitrogens with zero attached hydrogens (tertiary/aromatic N) is 1. The first-order valence-electron chi connectivity index (χ1n) is 7.91. The minimum atomic E-state index is -0.580. The molecule has 0 unspecified atom stereocenters. The molecule has 1 heterocycles. The Kier molecular flexibility index (Phi) is 4.67. The highest BCUT2D eigenvalue weighted by Gasteiger charge is 2.24. The van der Waals surface area contributed by atoms with E-state index in [-0.39, 0.29) is 17.4 Å². The van der Waals surface area contributed by atoms with Gasteiger partial charge in [0.2, 0.25) is 5.90 Å². The Bertz CT molecular complexity index is 935. The van der Waals surface area contributed by atoms with Gasteiger partial charge in [-0.15, -0.1) is 0 Å². The first-order valence-corrected chi connectivity index (χ1v) is 7.91. The van der Waals surface area contributed by atoms with E-state index in [4.69, 9.17) is 9.47 Å². The number of hydrogen-bond acceptors (Lipinski definition) is 5. The van der Waals surface area contributed by atoms with E-state index in [1.165, 1.54) is 31.2 Å². The lowest BCUT2D eigenvalue weighted by Crippen LogP contribution is -2.05. The quantitative estimate of drug-likeness (QED) is 0.479. The zero-order valence-corrected chi connectivity index (χ0v) is 14.5. The zero-order chi connectivity index (χ0) is 18.8. The van der Waals surface area contributed by atoms with Crippen LogP contribution in [0.5, 0.6) is 5.75 Å². The van der Waals surface area contributed by atoms with Gasteiger partial charge in [0.15, 0.2) is 5.70 Å². The molecule has 0 amide bonds. The van der Waals surface area contributed by atoms with Crippen molar-refractivity contribution in [3.63, 3.8) is 0 Å². The smallest absolute Gasteiger partial charge is 0.363 e. The Hall–Kier alpha value is -3.28. The molecule has 5 nitrogen and oxygen atoms in total. The lowest BCUT2D eigenvalue weighted by atomic mass is 10.0. The number of rotatable bonds is 3. The number of carbonyl (C=O) groups excluding carboxylic acids is 2. The fraction of sp³-hybridized carbons (Fsp3) is 0.150. The van der Waals surface area contributed by atoms with Crippen LogP contribution in [0.1, 0.15) is 29.2 Å². The van der Waals surface area contributed by atoms with Crippen LogP contribution in [0.4, 0.5) is 4.39 Å². The lowest BCUT2D eigenvalue weighted by Gasteiger charge is -2.10. The van der Waals surface area contributed by atoms with Crippen molar-refractivity contribution in [3.05, 3.63) is 70.2 Å². The van der Waals surface area contributed by atoms with Crippen LogP contribution in [0.25, 0.3) is 6.08 Å². The molecular formula is C20H16FNO4. The van der Waals surface area contributed by atoms with Crippen LogP contribution in [0, 0.1) is 19.7 Å². The third-order valence-electron chi connectivity index (χ3n) is 3.74. The van der Waals surface area contributed by atoms with Crippen LogP contribution in [0.3, 0.4) is 0 Å². The van der Waals surface area contributed by atoms with Gasteiger partial charge in [0.25, 0.3) is 0 Å². The molecule has 0 radical (unpaired) electrons. The van der Waals surface area contributed by atoms with Gasteiger partial charge in [-0.25, -0.2) is 14.2 Å². The van der Waals surface area contributed by atoms with Crippen LogP contribution >= 0.6 is 0 Å². The van der Waals surface area contributed by atoms with Gasteiger partial charge < -0.3 is 9.47 Å². The minimum Gasteiger partial charge on any atom is -0.426 e. The van der Waals surface area contributed by atoms with Crippen LogP contribution in [-0.4, -0.2) is 17.8 Å². The predicted molar refractivity (Wildman–Crippen MR) is 94.2 cm³/mol. The molecule has 0 aliphatic carbocycles. The summed E-state index contributed by atoms with van der Waals surface area (Å²) < 4.78 is 23.4. The summed E-state index contributed by atoms with van der Waals surface area (Å²) in [7, 11) is 0. The molecule has 0 saturated carbocycles. The molecule has 6 heteroatoms. The van der Waals surface area contributed by atoms with Crippen molar-refractivity contribution in [2.24, 2.45) is 4.99 Å². The van der Waals surface area contributed by atoms with Gasteiger partial charge in [-0.2, -0.15) is 0 Å². The first-order chi connectivity index (χ1) is 12.3. The summed E-state index contributed by atoms with van der Waals surface area (Å²) >= 11 is 0. The third kappa shape index (κ3) is 3.69. The molecule has 1 aliphatic heterocycles. The number of halogens is 1. The maximum atomic E-state index is 13.0. The number of aryl methyl sites for hydroxylation is 2. The Morgan fingerprint density at radius 1 is 1.15 bits per heavy atom. The summed E-state index contributed by atoms with van der Waals surface area (Å²) in [6.45, 7) is 4.97. The molecule has 0 atom stereocenters. The van der Waals surface area contributed by atoms with E-state index in [0.29, 0.717) is 11.3 Å². The highest BCUT2D eigenvalue weighted by Crippen LogP contribution is 2.27. The fourth-order valence-electron chi connectivity index (χ4n) is 2.65. The van der Waals surface area contributed by atoms with Crippen molar-refractivity contribution in [1.82, 2.24) is 0 Å². The molecule has 132 valence electrons. The van der Waals surface area contributed by atoms with Gasteiger partial charge in [0.05, 0.1) is 0 Å². The number of esters is 2. The van der Waals surface area contributed by atoms with Gasteiger partial charge >= 0.3 is 11.9 Å². The van der Waals surface area contributed by atoms with E-state index in [9.17, 15) is 14.0 Å². The van der Waals surface area contributed by atoms with Crippen LogP contribution in [-0.2, 0) is 14.3 Å². The Morgan fingerprint density at radius 3 is 2.35 bits per heavy atom. The predicted octanol–water partition coefficient (Wildman–Crippen LogP) is 3.71. The summed E-state index contributed by atoms with van der Waals surface area (Å²) in [4.78, 5) is 27.4. The van der Waals surface area contributed by atoms with Gasteiger partial charge in [-0.1, -0.05) is 0 Å². The molecule has 0 fully saturated rings. The summed E-state index contributed by atoms with van der Waals surface area (Å²) in [5, 5.41) is 0. The summed E-state index contributed by atoms with van der Waals surface area (Å²) in [5.41, 5.74) is 2.92. The maximum Gasteiger partial charge on any atom is 0.363 e. The second-order valence-corrected chi connectivity index (χ2v) is 5.92. The average Bonchev–Trinajstić information content (AvgIpc) is 2.92. The number of cyclic esters (lactones) is 1. The Labute approximate surface area is 149 Å². The van der Waals surface area contributed by atoms with Gasteiger partial charge in [0.1, 0.15) is 11.6 Å². The average molecular weight is 353 g/mol. The molecule has 26 heavy (non-hydrogen) atoms. The van der Waals surface area contributed by atoms with E-state index >= 15 is 0 Å². The standard InChI is InChI=1S/C20H16FNO4/c1-11-8-14(9-12(2)18(11)25-13(3)23)10-17-20(24)26-19(22-17)15-4-6-16(21)7-5-15/h4-10H,1-3H3/b17-10-. The number of benzene rings is 2. The molecule has 2 aromatic carbocycles. The van der Waals surface area contributed by atoms with Gasteiger partial charge in [0, 0.05) is 12.5 Å². The minimum absolute atomic E-state index is 0.131. The van der Waals surface area contributed by atoms with Crippen LogP contribution in [0.15, 0.2) is 47.1 Å². The molecule has 1 aliphatic rings. The normalized spacial score (nSPS) is 15.0. The van der Waals surface area contributed by atoms with Crippen molar-refractivity contribution in [3.8, 4) is 5.75 Å². The molecule has 0 bridgehead atoms. The van der Waals surface area contributed by atoms with Crippen molar-refractivity contribution in [2.75, 3.05) is 0 Å². The summed E-state index contributed by atoms with van der Waals surface area (Å²) in [5.74, 6) is -0.720. The fourth-order valence-corrected chi connectivity index (χ4v) is 2.65. The third-order valence-corrected chi connectivity index (χ3v) is 3.74.